The van der Waals surface area contributed by atoms with Crippen LogP contribution in [0.1, 0.15) is 79.1 Å². The van der Waals surface area contributed by atoms with Crippen molar-refractivity contribution in [1.29, 1.82) is 0 Å². The number of hydrogen-bond donors (Lipinski definition) is 2. The molecule has 110 valence electrons. The van der Waals surface area contributed by atoms with E-state index in [1.54, 1.807) is 0 Å². The Morgan fingerprint density at radius 2 is 1.50 bits per heavy atom. The van der Waals surface area contributed by atoms with Gasteiger partial charge in [0.1, 0.15) is 0 Å². The van der Waals surface area contributed by atoms with E-state index >= 15 is 0 Å². The molecule has 0 bridgehead atoms. The van der Waals surface area contributed by atoms with Crippen LogP contribution in [0.4, 0.5) is 0 Å². The van der Waals surface area contributed by atoms with E-state index in [4.69, 9.17) is 11.5 Å². The summed E-state index contributed by atoms with van der Waals surface area (Å²) in [6.07, 6.45) is 10.3. The van der Waals surface area contributed by atoms with Crippen molar-refractivity contribution in [2.45, 2.75) is 85.1 Å². The Hall–Kier alpha value is -0.0800. The van der Waals surface area contributed by atoms with Crippen LogP contribution in [0.2, 0.25) is 0 Å². The molecule has 4 N–H and O–H groups in total. The van der Waals surface area contributed by atoms with Crippen LogP contribution in [-0.4, -0.2) is 12.6 Å². The van der Waals surface area contributed by atoms with E-state index in [1.807, 2.05) is 0 Å². The van der Waals surface area contributed by atoms with Crippen LogP contribution in [0, 0.1) is 11.3 Å². The smallest absolute Gasteiger partial charge is 0.00412 e. The molecule has 2 heteroatoms. The second kappa shape index (κ2) is 9.80. The molecule has 0 spiro atoms. The van der Waals surface area contributed by atoms with Crippen LogP contribution >= 0.6 is 0 Å². The molecule has 2 nitrogen and oxygen atoms in total. The summed E-state index contributed by atoms with van der Waals surface area (Å²) >= 11 is 0. The molecule has 1 unspecified atom stereocenters. The molecule has 0 saturated carbocycles. The van der Waals surface area contributed by atoms with Gasteiger partial charge in [0.05, 0.1) is 0 Å². The van der Waals surface area contributed by atoms with Gasteiger partial charge in [-0.3, -0.25) is 0 Å². The van der Waals surface area contributed by atoms with Gasteiger partial charge in [-0.25, -0.2) is 0 Å². The lowest BCUT2D eigenvalue weighted by atomic mass is 9.87. The molecule has 0 radical (unpaired) electrons. The Balaban J connectivity index is 3.31. The summed E-state index contributed by atoms with van der Waals surface area (Å²) in [6.45, 7) is 9.82. The molecule has 0 aliphatic carbocycles. The summed E-state index contributed by atoms with van der Waals surface area (Å²) in [5.41, 5.74) is 12.1. The predicted molar refractivity (Wildman–Crippen MR) is 82.6 cm³/mol. The van der Waals surface area contributed by atoms with E-state index in [1.165, 1.54) is 51.4 Å². The molecule has 0 rings (SSSR count). The number of nitrogens with two attached hydrogens (primary N) is 2. The van der Waals surface area contributed by atoms with Gasteiger partial charge in [-0.1, -0.05) is 59.8 Å². The average Bonchev–Trinajstić information content (AvgIpc) is 2.26. The summed E-state index contributed by atoms with van der Waals surface area (Å²) in [7, 11) is 0. The average molecular weight is 256 g/mol. The molecule has 0 aromatic carbocycles. The van der Waals surface area contributed by atoms with Crippen molar-refractivity contribution < 1.29 is 0 Å². The monoisotopic (exact) mass is 256 g/mol. The Bertz CT molecular complexity index is 188. The first kappa shape index (κ1) is 17.9. The summed E-state index contributed by atoms with van der Waals surface area (Å²) in [5.74, 6) is 0.735. The second-order valence-corrected chi connectivity index (χ2v) is 7.06. The largest absolute Gasteiger partial charge is 0.330 e. The summed E-state index contributed by atoms with van der Waals surface area (Å²) in [4.78, 5) is 0. The van der Waals surface area contributed by atoms with Gasteiger partial charge in [-0.2, -0.15) is 0 Å². The Labute approximate surface area is 115 Å². The van der Waals surface area contributed by atoms with Crippen molar-refractivity contribution in [3.63, 3.8) is 0 Å². The first-order valence-electron chi connectivity index (χ1n) is 7.83. The minimum atomic E-state index is 0.333. The SMILES string of the molecule is CC(C)CC(N)CCCCCCCC(C)(C)CN. The third-order valence-corrected chi connectivity index (χ3v) is 3.76. The lowest BCUT2D eigenvalue weighted by Crippen LogP contribution is -2.23. The highest BCUT2D eigenvalue weighted by molar-refractivity contribution is 4.69. The first-order chi connectivity index (χ1) is 8.37. The highest BCUT2D eigenvalue weighted by Gasteiger charge is 2.14. The normalized spacial score (nSPS) is 14.2. The van der Waals surface area contributed by atoms with Crippen molar-refractivity contribution in [1.82, 2.24) is 0 Å². The Morgan fingerprint density at radius 3 is 2.06 bits per heavy atom. The van der Waals surface area contributed by atoms with Crippen LogP contribution in [0.15, 0.2) is 0 Å². The van der Waals surface area contributed by atoms with Crippen molar-refractivity contribution in [3.05, 3.63) is 0 Å². The van der Waals surface area contributed by atoms with Crippen molar-refractivity contribution >= 4 is 0 Å². The zero-order valence-electron chi connectivity index (χ0n) is 13.2. The number of unbranched alkanes of at least 4 members (excludes halogenated alkanes) is 4. The van der Waals surface area contributed by atoms with Gasteiger partial charge in [-0.15, -0.1) is 0 Å². The van der Waals surface area contributed by atoms with Gasteiger partial charge < -0.3 is 11.5 Å². The molecule has 1 atom stereocenters. The van der Waals surface area contributed by atoms with Crippen LogP contribution in [0.3, 0.4) is 0 Å². The summed E-state index contributed by atoms with van der Waals surface area (Å²) in [6, 6.07) is 0.418. The van der Waals surface area contributed by atoms with Gasteiger partial charge in [0.25, 0.3) is 0 Å². The van der Waals surface area contributed by atoms with Crippen molar-refractivity contribution in [3.8, 4) is 0 Å². The lowest BCUT2D eigenvalue weighted by Gasteiger charge is -2.21. The van der Waals surface area contributed by atoms with Crippen LogP contribution in [0.5, 0.6) is 0 Å². The third kappa shape index (κ3) is 11.0. The minimum Gasteiger partial charge on any atom is -0.330 e. The van der Waals surface area contributed by atoms with Gasteiger partial charge in [0.15, 0.2) is 0 Å². The fraction of sp³-hybridized carbons (Fsp3) is 1.00. The lowest BCUT2D eigenvalue weighted by molar-refractivity contribution is 0.329. The molecule has 0 amide bonds. The maximum atomic E-state index is 6.08. The van der Waals surface area contributed by atoms with Crippen molar-refractivity contribution in [2.75, 3.05) is 6.54 Å². The zero-order chi connectivity index (χ0) is 14.0. The van der Waals surface area contributed by atoms with E-state index in [2.05, 4.69) is 27.7 Å². The zero-order valence-corrected chi connectivity index (χ0v) is 13.2. The summed E-state index contributed by atoms with van der Waals surface area (Å²) in [5, 5.41) is 0. The fourth-order valence-corrected chi connectivity index (χ4v) is 2.37. The van der Waals surface area contributed by atoms with Gasteiger partial charge >= 0.3 is 0 Å². The quantitative estimate of drug-likeness (QED) is 0.547. The standard InChI is InChI=1S/C16H36N2/c1-14(2)12-15(18)10-8-6-5-7-9-11-16(3,4)13-17/h14-15H,5-13,17-18H2,1-4H3. The van der Waals surface area contributed by atoms with E-state index in [0.29, 0.717) is 11.5 Å². The molecule has 0 heterocycles. The summed E-state index contributed by atoms with van der Waals surface area (Å²) < 4.78 is 0. The molecule has 0 fully saturated rings. The predicted octanol–water partition coefficient (Wildman–Crippen LogP) is 4.08. The number of hydrogen-bond acceptors (Lipinski definition) is 2. The molecule has 0 saturated heterocycles. The molecule has 0 aromatic rings. The van der Waals surface area contributed by atoms with E-state index < -0.39 is 0 Å². The minimum absolute atomic E-state index is 0.333. The van der Waals surface area contributed by atoms with Crippen LogP contribution < -0.4 is 11.5 Å². The molecular weight excluding hydrogens is 220 g/mol. The van der Waals surface area contributed by atoms with E-state index in [0.717, 1.165) is 12.5 Å². The van der Waals surface area contributed by atoms with Gasteiger partial charge in [0, 0.05) is 6.04 Å². The fourth-order valence-electron chi connectivity index (χ4n) is 2.37. The highest BCUT2D eigenvalue weighted by atomic mass is 14.6. The third-order valence-electron chi connectivity index (χ3n) is 3.76. The van der Waals surface area contributed by atoms with Crippen LogP contribution in [0.25, 0.3) is 0 Å². The van der Waals surface area contributed by atoms with Gasteiger partial charge in [0.2, 0.25) is 0 Å². The Kier molecular flexibility index (Phi) is 9.76. The highest BCUT2D eigenvalue weighted by Crippen LogP contribution is 2.22. The van der Waals surface area contributed by atoms with Crippen molar-refractivity contribution in [2.24, 2.45) is 22.8 Å². The molecule has 0 aliphatic heterocycles. The van der Waals surface area contributed by atoms with Crippen LogP contribution in [-0.2, 0) is 0 Å². The first-order valence-corrected chi connectivity index (χ1v) is 7.83. The van der Waals surface area contributed by atoms with E-state index in [-0.39, 0.29) is 0 Å². The topological polar surface area (TPSA) is 52.0 Å². The maximum Gasteiger partial charge on any atom is 0.00412 e. The molecular formula is C16H36N2. The van der Waals surface area contributed by atoms with Gasteiger partial charge in [-0.05, 0) is 37.1 Å². The number of rotatable bonds is 11. The second-order valence-electron chi connectivity index (χ2n) is 7.06. The maximum absolute atomic E-state index is 6.08. The molecule has 0 aliphatic rings. The van der Waals surface area contributed by atoms with E-state index in [9.17, 15) is 0 Å². The molecule has 0 aromatic heterocycles. The Morgan fingerprint density at radius 1 is 0.944 bits per heavy atom. The molecule has 18 heavy (non-hydrogen) atoms.